The lowest BCUT2D eigenvalue weighted by Gasteiger charge is -1.94. The molecule has 0 atom stereocenters. The van der Waals surface area contributed by atoms with Gasteiger partial charge in [0.2, 0.25) is 5.52 Å². The van der Waals surface area contributed by atoms with E-state index in [9.17, 15) is 8.42 Å². The van der Waals surface area contributed by atoms with E-state index in [1.165, 1.54) is 15.2 Å². The molecule has 0 aliphatic carbocycles. The molecule has 0 spiro atoms. The topological polar surface area (TPSA) is 76.7 Å². The van der Waals surface area contributed by atoms with Crippen molar-refractivity contribution in [3.63, 3.8) is 0 Å². The summed E-state index contributed by atoms with van der Waals surface area (Å²) in [7, 11) is 0.479. The summed E-state index contributed by atoms with van der Waals surface area (Å²) in [6.45, 7) is 1.96. The summed E-state index contributed by atoms with van der Waals surface area (Å²) in [5, 5.41) is 1.20. The van der Waals surface area contributed by atoms with Gasteiger partial charge < -0.3 is 4.74 Å². The molecule has 0 saturated heterocycles. The Balaban J connectivity index is 0.000000315. The van der Waals surface area contributed by atoms with Crippen LogP contribution < -0.4 is 4.57 Å². The van der Waals surface area contributed by atoms with Crippen LogP contribution in [0.3, 0.4) is 0 Å². The lowest BCUT2D eigenvalue weighted by Crippen LogP contribution is -2.28. The lowest BCUT2D eigenvalue weighted by molar-refractivity contribution is -0.642. The first kappa shape index (κ1) is 17.6. The van der Waals surface area contributed by atoms with Gasteiger partial charge in [-0.2, -0.15) is 13.0 Å². The van der Waals surface area contributed by atoms with Crippen molar-refractivity contribution in [1.82, 2.24) is 0 Å². The molecule has 0 fully saturated rings. The van der Waals surface area contributed by atoms with Crippen LogP contribution in [0.5, 0.6) is 0 Å². The van der Waals surface area contributed by atoms with E-state index in [-0.39, 0.29) is 0 Å². The molecule has 0 radical (unpaired) electrons. The molecule has 21 heavy (non-hydrogen) atoms. The van der Waals surface area contributed by atoms with Crippen LogP contribution >= 0.6 is 11.3 Å². The Kier molecular flexibility index (Phi) is 6.28. The first-order chi connectivity index (χ1) is 9.78. The van der Waals surface area contributed by atoms with Crippen LogP contribution in [0.15, 0.2) is 30.0 Å². The first-order valence-corrected chi connectivity index (χ1v) is 8.09. The van der Waals surface area contributed by atoms with Crippen molar-refractivity contribution >= 4 is 38.0 Å². The van der Waals surface area contributed by atoms with Crippen molar-refractivity contribution < 1.29 is 26.5 Å². The lowest BCUT2D eigenvalue weighted by atomic mass is 10.3. The zero-order valence-electron chi connectivity index (χ0n) is 12.2. The Bertz CT molecular complexity index is 734. The standard InChI is InChI=1S/C12H14NOS.CH4O4S/c1-9(14-3)8-12-13(2)10-6-4-5-7-11(10)15-12;1-5-6(2,3)4/h4-8H,1-3H3;1H3,(H,2,3,4)/q+1;/b9-8-;. The zero-order valence-corrected chi connectivity index (χ0v) is 13.9. The van der Waals surface area contributed by atoms with E-state index in [4.69, 9.17) is 9.29 Å². The molecule has 1 aromatic carbocycles. The minimum atomic E-state index is -4.16. The Labute approximate surface area is 128 Å². The SMILES string of the molecule is CO/C(C)=C\c1sc2ccccc2[n+]1C.COS(=O)(=O)O. The van der Waals surface area contributed by atoms with Crippen LogP contribution in [-0.2, 0) is 26.4 Å². The van der Waals surface area contributed by atoms with Crippen molar-refractivity contribution in [1.29, 1.82) is 0 Å². The number of methoxy groups -OCH3 is 1. The van der Waals surface area contributed by atoms with Gasteiger partial charge in [0.15, 0.2) is 0 Å². The molecule has 2 aromatic rings. The summed E-state index contributed by atoms with van der Waals surface area (Å²) in [6, 6.07) is 8.39. The van der Waals surface area contributed by atoms with Gasteiger partial charge >= 0.3 is 10.4 Å². The molecule has 2 rings (SSSR count). The number of aryl methyl sites for hydroxylation is 1. The van der Waals surface area contributed by atoms with Crippen LogP contribution in [0.1, 0.15) is 11.9 Å². The predicted molar refractivity (Wildman–Crippen MR) is 82.2 cm³/mol. The minimum Gasteiger partial charge on any atom is -0.501 e. The normalized spacial score (nSPS) is 12.0. The van der Waals surface area contributed by atoms with E-state index in [0.717, 1.165) is 12.9 Å². The monoisotopic (exact) mass is 332 g/mol. The molecular weight excluding hydrogens is 314 g/mol. The van der Waals surface area contributed by atoms with Gasteiger partial charge in [0.1, 0.15) is 11.7 Å². The van der Waals surface area contributed by atoms with Crippen molar-refractivity contribution in [3.05, 3.63) is 35.0 Å². The Morgan fingerprint density at radius 1 is 1.33 bits per heavy atom. The highest BCUT2D eigenvalue weighted by Crippen LogP contribution is 2.21. The average molecular weight is 332 g/mol. The molecule has 8 heteroatoms. The van der Waals surface area contributed by atoms with E-state index < -0.39 is 10.4 Å². The maximum atomic E-state index is 9.33. The summed E-state index contributed by atoms with van der Waals surface area (Å²) in [4.78, 5) is 0. The van der Waals surface area contributed by atoms with Crippen molar-refractivity contribution in [2.24, 2.45) is 7.05 Å². The number of ether oxygens (including phenoxy) is 1. The third kappa shape index (κ3) is 5.43. The Morgan fingerprint density at radius 2 is 1.90 bits per heavy atom. The second-order valence-electron chi connectivity index (χ2n) is 4.02. The molecule has 0 aliphatic heterocycles. The zero-order chi connectivity index (χ0) is 16.0. The minimum absolute atomic E-state index is 0.870. The van der Waals surface area contributed by atoms with Crippen LogP contribution in [-0.4, -0.2) is 27.2 Å². The van der Waals surface area contributed by atoms with E-state index in [2.05, 4.69) is 46.1 Å². The van der Waals surface area contributed by atoms with Crippen LogP contribution in [0.2, 0.25) is 0 Å². The molecular formula is C13H18NO5S2+. The fourth-order valence-corrected chi connectivity index (χ4v) is 2.62. The third-order valence-corrected chi connectivity index (χ3v) is 4.22. The number of para-hydroxylation sites is 1. The van der Waals surface area contributed by atoms with Gasteiger partial charge in [0.05, 0.1) is 26.1 Å². The average Bonchev–Trinajstić information content (AvgIpc) is 2.76. The molecule has 0 aliphatic rings. The largest absolute Gasteiger partial charge is 0.501 e. The van der Waals surface area contributed by atoms with Gasteiger partial charge in [-0.05, 0) is 13.0 Å². The fourth-order valence-electron chi connectivity index (χ4n) is 1.48. The Hall–Kier alpha value is -1.48. The van der Waals surface area contributed by atoms with Crippen LogP contribution in [0, 0.1) is 0 Å². The maximum Gasteiger partial charge on any atom is 0.397 e. The quantitative estimate of drug-likeness (QED) is 0.529. The second-order valence-corrected chi connectivity index (χ2v) is 6.27. The highest BCUT2D eigenvalue weighted by Gasteiger charge is 2.14. The van der Waals surface area contributed by atoms with Crippen molar-refractivity contribution in [3.8, 4) is 0 Å². The summed E-state index contributed by atoms with van der Waals surface area (Å²) < 4.78 is 38.4. The summed E-state index contributed by atoms with van der Waals surface area (Å²) in [5.41, 5.74) is 1.26. The third-order valence-electron chi connectivity index (χ3n) is 2.63. The number of rotatable bonds is 3. The molecule has 1 aromatic heterocycles. The fraction of sp³-hybridized carbons (Fsp3) is 0.308. The number of aromatic nitrogens is 1. The molecule has 6 nitrogen and oxygen atoms in total. The van der Waals surface area contributed by atoms with Crippen molar-refractivity contribution in [2.75, 3.05) is 14.2 Å². The van der Waals surface area contributed by atoms with Gasteiger partial charge in [-0.3, -0.25) is 8.74 Å². The van der Waals surface area contributed by atoms with Gasteiger partial charge in [0.25, 0.3) is 5.01 Å². The predicted octanol–water partition coefficient (Wildman–Crippen LogP) is 2.17. The molecule has 0 amide bonds. The number of fused-ring (bicyclic) bond motifs is 1. The van der Waals surface area contributed by atoms with E-state index in [0.29, 0.717) is 0 Å². The Morgan fingerprint density at radius 3 is 2.38 bits per heavy atom. The molecule has 1 heterocycles. The van der Waals surface area contributed by atoms with E-state index in [1.807, 2.05) is 6.92 Å². The van der Waals surface area contributed by atoms with Crippen molar-refractivity contribution in [2.45, 2.75) is 6.92 Å². The molecule has 0 bridgehead atoms. The summed E-state index contributed by atoms with van der Waals surface area (Å²) in [6.07, 6.45) is 2.06. The van der Waals surface area contributed by atoms with Gasteiger partial charge in [-0.15, -0.1) is 0 Å². The number of hydrogen-bond acceptors (Lipinski definition) is 5. The smallest absolute Gasteiger partial charge is 0.397 e. The molecule has 0 saturated carbocycles. The number of thiazole rings is 1. The summed E-state index contributed by atoms with van der Waals surface area (Å²) >= 11 is 1.77. The highest BCUT2D eigenvalue weighted by atomic mass is 32.3. The highest BCUT2D eigenvalue weighted by molar-refractivity contribution is 7.80. The number of allylic oxidation sites excluding steroid dienone is 1. The first-order valence-electron chi connectivity index (χ1n) is 5.91. The maximum absolute atomic E-state index is 9.33. The van der Waals surface area contributed by atoms with E-state index >= 15 is 0 Å². The second kappa shape index (κ2) is 7.51. The van der Waals surface area contributed by atoms with E-state index in [1.54, 1.807) is 18.4 Å². The number of benzene rings is 1. The molecule has 0 unspecified atom stereocenters. The number of hydrogen-bond donors (Lipinski definition) is 1. The van der Waals surface area contributed by atoms with Gasteiger partial charge in [0, 0.05) is 6.07 Å². The molecule has 1 N–H and O–H groups in total. The van der Waals surface area contributed by atoms with Crippen LogP contribution in [0.25, 0.3) is 16.3 Å². The van der Waals surface area contributed by atoms with Crippen LogP contribution in [0.4, 0.5) is 0 Å². The number of nitrogens with zero attached hydrogens (tertiary/aromatic N) is 1. The van der Waals surface area contributed by atoms with Gasteiger partial charge in [-0.25, -0.2) is 0 Å². The summed E-state index contributed by atoms with van der Waals surface area (Å²) in [5.74, 6) is 0.928. The van der Waals surface area contributed by atoms with Gasteiger partial charge in [-0.1, -0.05) is 23.5 Å². The molecule has 116 valence electrons.